The molecule has 1 saturated carbocycles. The second-order valence-electron chi connectivity index (χ2n) is 9.93. The third kappa shape index (κ3) is 7.08. The minimum atomic E-state index is -3.66. The molecular weight excluding hydrogens is 514 g/mol. The molecule has 2 heterocycles. The van der Waals surface area contributed by atoms with Crippen LogP contribution in [0.4, 0.5) is 4.39 Å². The topological polar surface area (TPSA) is 73.0 Å². The van der Waals surface area contributed by atoms with E-state index in [2.05, 4.69) is 22.2 Å². The van der Waals surface area contributed by atoms with Gasteiger partial charge in [0.2, 0.25) is 15.9 Å². The molecule has 7 nitrogen and oxygen atoms in total. The highest BCUT2D eigenvalue weighted by Crippen LogP contribution is 2.34. The molecule has 2 saturated heterocycles. The molecule has 0 radical (unpaired) electrons. The van der Waals surface area contributed by atoms with Crippen molar-refractivity contribution in [2.75, 3.05) is 52.9 Å². The number of nitrogens with one attached hydrogen (secondary N) is 1. The summed E-state index contributed by atoms with van der Waals surface area (Å²) in [5, 5.41) is 3.26. The molecule has 0 aromatic heterocycles. The number of nitrogens with zero attached hydrogens (tertiary/aromatic N) is 3. The molecule has 4 rings (SSSR count). The van der Waals surface area contributed by atoms with Crippen molar-refractivity contribution in [1.82, 2.24) is 19.4 Å². The molecule has 11 heteroatoms. The van der Waals surface area contributed by atoms with Crippen molar-refractivity contribution in [3.05, 3.63) is 30.1 Å². The van der Waals surface area contributed by atoms with Crippen LogP contribution in [0.2, 0.25) is 0 Å². The van der Waals surface area contributed by atoms with Crippen molar-refractivity contribution in [2.45, 2.75) is 55.4 Å². The predicted molar refractivity (Wildman–Crippen MR) is 140 cm³/mol. The van der Waals surface area contributed by atoms with E-state index in [-0.39, 0.29) is 47.1 Å². The lowest BCUT2D eigenvalue weighted by molar-refractivity contribution is -0.127. The minimum absolute atomic E-state index is 0. The molecule has 1 aromatic carbocycles. The lowest BCUT2D eigenvalue weighted by Crippen LogP contribution is -2.61. The minimum Gasteiger partial charge on any atom is -0.354 e. The fourth-order valence-corrected chi connectivity index (χ4v) is 7.08. The Kier molecular flexibility index (Phi) is 11.2. The van der Waals surface area contributed by atoms with E-state index in [4.69, 9.17) is 0 Å². The molecule has 35 heavy (non-hydrogen) atoms. The van der Waals surface area contributed by atoms with Gasteiger partial charge in [-0.25, -0.2) is 12.8 Å². The number of carbonyl (C=O) groups excluding carboxylic acids is 1. The Labute approximate surface area is 221 Å². The van der Waals surface area contributed by atoms with Gasteiger partial charge < -0.3 is 10.2 Å². The number of amides is 1. The number of hydrogen-bond donors (Lipinski definition) is 1. The summed E-state index contributed by atoms with van der Waals surface area (Å²) < 4.78 is 40.3. The number of likely N-dealkylation sites (N-methyl/N-ethyl adjacent to an activating group) is 1. The first kappa shape index (κ1) is 30.3. The van der Waals surface area contributed by atoms with Gasteiger partial charge >= 0.3 is 0 Å². The van der Waals surface area contributed by atoms with Gasteiger partial charge in [-0.15, -0.1) is 24.8 Å². The lowest BCUT2D eigenvalue weighted by Gasteiger charge is -2.49. The predicted octanol–water partition coefficient (Wildman–Crippen LogP) is 3.14. The summed E-state index contributed by atoms with van der Waals surface area (Å²) in [6.07, 6.45) is 6.96. The van der Waals surface area contributed by atoms with E-state index in [0.29, 0.717) is 32.5 Å². The van der Waals surface area contributed by atoms with E-state index in [9.17, 15) is 17.6 Å². The fraction of sp³-hybridized carbons (Fsp3) is 0.708. The van der Waals surface area contributed by atoms with E-state index in [1.54, 1.807) is 0 Å². The smallest absolute Gasteiger partial charge is 0.243 e. The maximum absolute atomic E-state index is 13.2. The molecule has 3 aliphatic rings. The number of benzene rings is 1. The second kappa shape index (κ2) is 13.0. The first-order valence-electron chi connectivity index (χ1n) is 12.3. The van der Waals surface area contributed by atoms with Gasteiger partial charge in [-0.2, -0.15) is 4.31 Å². The first-order chi connectivity index (χ1) is 15.8. The van der Waals surface area contributed by atoms with Crippen LogP contribution in [0, 0.1) is 11.7 Å². The molecule has 0 unspecified atom stereocenters. The van der Waals surface area contributed by atoms with Crippen molar-refractivity contribution in [3.63, 3.8) is 0 Å². The second-order valence-corrected chi connectivity index (χ2v) is 11.9. The Morgan fingerprint density at radius 3 is 2.11 bits per heavy atom. The summed E-state index contributed by atoms with van der Waals surface area (Å²) in [6, 6.07) is 4.92. The van der Waals surface area contributed by atoms with Crippen LogP contribution >= 0.6 is 24.8 Å². The van der Waals surface area contributed by atoms with Crippen molar-refractivity contribution in [3.8, 4) is 0 Å². The SMILES string of the molecule is CN1CCN(C2(CNC(=O)C3CCN(S(=O)(=O)c4ccc(F)cc4)CC3)CCCCC2)CC1.Cl.Cl. The number of piperazine rings is 1. The largest absolute Gasteiger partial charge is 0.354 e. The van der Waals surface area contributed by atoms with Gasteiger partial charge in [-0.05, 0) is 57.0 Å². The third-order valence-corrected chi connectivity index (χ3v) is 9.74. The third-order valence-electron chi connectivity index (χ3n) is 7.83. The maximum atomic E-state index is 13.2. The number of rotatable bonds is 6. The molecule has 0 spiro atoms. The summed E-state index contributed by atoms with van der Waals surface area (Å²) in [4.78, 5) is 18.1. The highest BCUT2D eigenvalue weighted by molar-refractivity contribution is 7.89. The quantitative estimate of drug-likeness (QED) is 0.586. The normalized spacial score (nSPS) is 22.6. The average Bonchev–Trinajstić information content (AvgIpc) is 2.84. The maximum Gasteiger partial charge on any atom is 0.243 e. The van der Waals surface area contributed by atoms with Gasteiger partial charge in [0.15, 0.2) is 0 Å². The lowest BCUT2D eigenvalue weighted by atomic mass is 9.79. The summed E-state index contributed by atoms with van der Waals surface area (Å²) in [5.74, 6) is -0.581. The number of sulfonamides is 1. The zero-order chi connectivity index (χ0) is 23.5. The Morgan fingerprint density at radius 2 is 1.54 bits per heavy atom. The van der Waals surface area contributed by atoms with E-state index in [0.717, 1.165) is 51.2 Å². The number of piperidine rings is 1. The van der Waals surface area contributed by atoms with E-state index in [1.807, 2.05) is 0 Å². The van der Waals surface area contributed by atoms with Crippen LogP contribution in [-0.2, 0) is 14.8 Å². The van der Waals surface area contributed by atoms with Crippen molar-refractivity contribution in [1.29, 1.82) is 0 Å². The number of hydrogen-bond acceptors (Lipinski definition) is 5. The van der Waals surface area contributed by atoms with Crippen molar-refractivity contribution in [2.24, 2.45) is 5.92 Å². The Balaban J connectivity index is 0.00000216. The summed E-state index contributed by atoms with van der Waals surface area (Å²) in [7, 11) is -1.50. The number of halogens is 3. The Morgan fingerprint density at radius 1 is 0.971 bits per heavy atom. The van der Waals surface area contributed by atoms with Gasteiger partial charge in [0.1, 0.15) is 5.82 Å². The van der Waals surface area contributed by atoms with Gasteiger partial charge in [-0.1, -0.05) is 19.3 Å². The zero-order valence-corrected chi connectivity index (χ0v) is 22.9. The molecule has 1 N–H and O–H groups in total. The van der Waals surface area contributed by atoms with Crippen LogP contribution in [0.25, 0.3) is 0 Å². The van der Waals surface area contributed by atoms with Crippen LogP contribution in [0.15, 0.2) is 29.2 Å². The molecule has 1 aliphatic carbocycles. The standard InChI is InChI=1S/C24H37FN4O3S.2ClH/c1-27-15-17-28(18-16-27)24(11-3-2-4-12-24)19-26-23(30)20-9-13-29(14-10-20)33(31,32)22-7-5-21(25)6-8-22;;/h5-8,20H,2-4,9-19H2,1H3,(H,26,30);2*1H. The first-order valence-corrected chi connectivity index (χ1v) is 13.7. The summed E-state index contributed by atoms with van der Waals surface area (Å²) >= 11 is 0. The van der Waals surface area contributed by atoms with Crippen molar-refractivity contribution < 1.29 is 17.6 Å². The molecule has 0 atom stereocenters. The summed E-state index contributed by atoms with van der Waals surface area (Å²) in [6.45, 7) is 5.53. The molecule has 2 aliphatic heterocycles. The average molecular weight is 554 g/mol. The summed E-state index contributed by atoms with van der Waals surface area (Å²) in [5.41, 5.74) is 0.0573. The Hall–Kier alpha value is -0.970. The van der Waals surface area contributed by atoms with Crippen LogP contribution < -0.4 is 5.32 Å². The van der Waals surface area contributed by atoms with Gasteiger partial charge in [0, 0.05) is 57.3 Å². The van der Waals surface area contributed by atoms with Crippen LogP contribution in [-0.4, -0.2) is 86.8 Å². The molecule has 1 aromatic rings. The van der Waals surface area contributed by atoms with E-state index in [1.165, 1.54) is 35.7 Å². The van der Waals surface area contributed by atoms with Gasteiger partial charge in [-0.3, -0.25) is 9.69 Å². The van der Waals surface area contributed by atoms with Crippen LogP contribution in [0.5, 0.6) is 0 Å². The van der Waals surface area contributed by atoms with Gasteiger partial charge in [0.25, 0.3) is 0 Å². The number of carbonyl (C=O) groups is 1. The molecule has 3 fully saturated rings. The van der Waals surface area contributed by atoms with Crippen LogP contribution in [0.3, 0.4) is 0 Å². The highest BCUT2D eigenvalue weighted by Gasteiger charge is 2.40. The van der Waals surface area contributed by atoms with Gasteiger partial charge in [0.05, 0.1) is 4.90 Å². The fourth-order valence-electron chi connectivity index (χ4n) is 5.61. The highest BCUT2D eigenvalue weighted by atomic mass is 35.5. The Bertz CT molecular complexity index is 913. The van der Waals surface area contributed by atoms with E-state index >= 15 is 0 Å². The zero-order valence-electron chi connectivity index (χ0n) is 20.5. The van der Waals surface area contributed by atoms with Crippen LogP contribution in [0.1, 0.15) is 44.9 Å². The molecule has 1 amide bonds. The molecule has 200 valence electrons. The molecule has 0 bridgehead atoms. The van der Waals surface area contributed by atoms with E-state index < -0.39 is 15.8 Å². The monoisotopic (exact) mass is 552 g/mol. The van der Waals surface area contributed by atoms with Crippen molar-refractivity contribution >= 4 is 40.7 Å². The molecular formula is C24H39Cl2FN4O3S.